The Morgan fingerprint density at radius 3 is 2.79 bits per heavy atom. The number of carboxylic acids is 1. The van der Waals surface area contributed by atoms with Gasteiger partial charge in [0.2, 0.25) is 5.82 Å². The molecule has 2 rings (SSSR count). The summed E-state index contributed by atoms with van der Waals surface area (Å²) in [6.45, 7) is 1.79. The highest BCUT2D eigenvalue weighted by Gasteiger charge is 2.44. The Morgan fingerprint density at radius 2 is 2.32 bits per heavy atom. The lowest BCUT2D eigenvalue weighted by molar-refractivity contribution is -0.384. The van der Waals surface area contributed by atoms with E-state index in [2.05, 4.69) is 10.3 Å². The molecule has 2 N–H and O–H groups in total. The highest BCUT2D eigenvalue weighted by Crippen LogP contribution is 2.41. The highest BCUT2D eigenvalue weighted by molar-refractivity contribution is 5.77. The number of nitrogens with zero attached hydrogens (tertiary/aromatic N) is 2. The van der Waals surface area contributed by atoms with E-state index < -0.39 is 16.3 Å². The van der Waals surface area contributed by atoms with Gasteiger partial charge >= 0.3 is 11.7 Å². The smallest absolute Gasteiger partial charge is 0.314 e. The van der Waals surface area contributed by atoms with E-state index in [-0.39, 0.29) is 18.1 Å². The van der Waals surface area contributed by atoms with Crippen molar-refractivity contribution in [1.82, 2.24) is 4.98 Å². The molecule has 0 aliphatic heterocycles. The van der Waals surface area contributed by atoms with Crippen LogP contribution in [-0.2, 0) is 4.79 Å². The molecule has 1 saturated carbocycles. The summed E-state index contributed by atoms with van der Waals surface area (Å²) in [6, 6.07) is 1.56. The molecule has 0 saturated heterocycles. The van der Waals surface area contributed by atoms with Crippen molar-refractivity contribution < 1.29 is 14.8 Å². The van der Waals surface area contributed by atoms with Crippen LogP contribution < -0.4 is 5.32 Å². The van der Waals surface area contributed by atoms with E-state index in [4.69, 9.17) is 0 Å². The summed E-state index contributed by atoms with van der Waals surface area (Å²) < 4.78 is 0. The van der Waals surface area contributed by atoms with E-state index in [1.807, 2.05) is 0 Å². The van der Waals surface area contributed by atoms with E-state index in [1.54, 1.807) is 13.0 Å². The van der Waals surface area contributed by atoms with Gasteiger partial charge in [-0.1, -0.05) is 6.42 Å². The van der Waals surface area contributed by atoms with Crippen molar-refractivity contribution in [2.75, 3.05) is 11.9 Å². The first kappa shape index (κ1) is 13.3. The fourth-order valence-electron chi connectivity index (χ4n) is 2.23. The maximum atomic E-state index is 11.2. The molecular weight excluding hydrogens is 250 g/mol. The number of hydrogen-bond acceptors (Lipinski definition) is 5. The minimum atomic E-state index is -0.860. The van der Waals surface area contributed by atoms with Crippen molar-refractivity contribution >= 4 is 17.5 Å². The van der Waals surface area contributed by atoms with Crippen LogP contribution in [0.2, 0.25) is 0 Å². The molecule has 0 aromatic carbocycles. The third-order valence-corrected chi connectivity index (χ3v) is 3.67. The molecule has 7 nitrogen and oxygen atoms in total. The first-order valence-corrected chi connectivity index (χ1v) is 6.03. The molecule has 0 atom stereocenters. The van der Waals surface area contributed by atoms with Gasteiger partial charge in [-0.05, 0) is 25.8 Å². The number of carboxylic acid groups (broad SMARTS) is 1. The fourth-order valence-corrected chi connectivity index (χ4v) is 2.23. The summed E-state index contributed by atoms with van der Waals surface area (Å²) in [4.78, 5) is 25.6. The van der Waals surface area contributed by atoms with Crippen LogP contribution in [0.5, 0.6) is 0 Å². The summed E-state index contributed by atoms with van der Waals surface area (Å²) in [7, 11) is 0. The number of anilines is 1. The Labute approximate surface area is 109 Å². The number of rotatable bonds is 5. The molecule has 0 spiro atoms. The average Bonchev–Trinajstić information content (AvgIpc) is 2.26. The van der Waals surface area contributed by atoms with Crippen LogP contribution in [0.25, 0.3) is 0 Å². The molecule has 1 aromatic rings. The second-order valence-electron chi connectivity index (χ2n) is 4.87. The minimum Gasteiger partial charge on any atom is -0.481 e. The normalized spacial score (nSPS) is 16.5. The van der Waals surface area contributed by atoms with Gasteiger partial charge in [0.1, 0.15) is 0 Å². The second kappa shape index (κ2) is 4.83. The van der Waals surface area contributed by atoms with Gasteiger partial charge in [0.05, 0.1) is 10.3 Å². The fraction of sp³-hybridized carbons (Fsp3) is 0.500. The van der Waals surface area contributed by atoms with Crippen LogP contribution in [-0.4, -0.2) is 27.5 Å². The summed E-state index contributed by atoms with van der Waals surface area (Å²) in [5.41, 5.74) is -0.401. The van der Waals surface area contributed by atoms with Crippen LogP contribution in [0.1, 0.15) is 24.8 Å². The number of aliphatic carboxylic acids is 1. The van der Waals surface area contributed by atoms with Gasteiger partial charge in [0.15, 0.2) is 0 Å². The predicted octanol–water partition coefficient (Wildman–Crippen LogP) is 1.97. The molecule has 0 radical (unpaired) electrons. The van der Waals surface area contributed by atoms with Crippen LogP contribution in [0.4, 0.5) is 11.5 Å². The first-order valence-electron chi connectivity index (χ1n) is 6.03. The number of pyridine rings is 1. The second-order valence-corrected chi connectivity index (χ2v) is 4.87. The Hall–Kier alpha value is -2.18. The third-order valence-electron chi connectivity index (χ3n) is 3.67. The van der Waals surface area contributed by atoms with Crippen molar-refractivity contribution in [1.29, 1.82) is 0 Å². The van der Waals surface area contributed by atoms with E-state index in [1.165, 1.54) is 6.20 Å². The van der Waals surface area contributed by atoms with Crippen molar-refractivity contribution in [2.45, 2.75) is 26.2 Å². The Balaban J connectivity index is 2.18. The zero-order valence-corrected chi connectivity index (χ0v) is 10.5. The molecule has 1 heterocycles. The summed E-state index contributed by atoms with van der Waals surface area (Å²) in [6.07, 6.45) is 3.53. The molecular formula is C12H15N3O4. The lowest BCUT2D eigenvalue weighted by Crippen LogP contribution is -2.43. The van der Waals surface area contributed by atoms with Crippen LogP contribution in [0.3, 0.4) is 0 Å². The summed E-state index contributed by atoms with van der Waals surface area (Å²) >= 11 is 0. The molecule has 102 valence electrons. The molecule has 0 bridgehead atoms. The lowest BCUT2D eigenvalue weighted by Gasteiger charge is -2.37. The quantitative estimate of drug-likeness (QED) is 0.622. The van der Waals surface area contributed by atoms with Crippen molar-refractivity contribution in [3.05, 3.63) is 27.9 Å². The van der Waals surface area contributed by atoms with Crippen LogP contribution in [0.15, 0.2) is 12.3 Å². The first-order chi connectivity index (χ1) is 8.96. The summed E-state index contributed by atoms with van der Waals surface area (Å²) in [5, 5.41) is 23.0. The van der Waals surface area contributed by atoms with E-state index in [0.29, 0.717) is 18.4 Å². The molecule has 0 amide bonds. The number of carbonyl (C=O) groups is 1. The molecule has 1 aromatic heterocycles. The van der Waals surface area contributed by atoms with Gasteiger partial charge in [-0.3, -0.25) is 14.9 Å². The maximum absolute atomic E-state index is 11.2. The maximum Gasteiger partial charge on any atom is 0.314 e. The zero-order chi connectivity index (χ0) is 14.0. The Bertz CT molecular complexity index is 526. The van der Waals surface area contributed by atoms with Crippen molar-refractivity contribution in [3.8, 4) is 0 Å². The number of aromatic nitrogens is 1. The Morgan fingerprint density at radius 1 is 1.63 bits per heavy atom. The molecule has 1 aliphatic carbocycles. The number of nitrogens with one attached hydrogen (secondary N) is 1. The van der Waals surface area contributed by atoms with Crippen LogP contribution in [0, 0.1) is 22.5 Å². The SMILES string of the molecule is Cc1ccnc(NCC2(C(=O)O)CCC2)c1[N+](=O)[O-]. The van der Waals surface area contributed by atoms with E-state index >= 15 is 0 Å². The Kier molecular flexibility index (Phi) is 3.37. The number of aryl methyl sites for hydroxylation is 1. The largest absolute Gasteiger partial charge is 0.481 e. The topological polar surface area (TPSA) is 105 Å². The van der Waals surface area contributed by atoms with Crippen molar-refractivity contribution in [2.24, 2.45) is 5.41 Å². The van der Waals surface area contributed by atoms with E-state index in [9.17, 15) is 20.0 Å². The zero-order valence-electron chi connectivity index (χ0n) is 10.5. The predicted molar refractivity (Wildman–Crippen MR) is 68.0 cm³/mol. The molecule has 0 unspecified atom stereocenters. The monoisotopic (exact) mass is 265 g/mol. The number of hydrogen-bond donors (Lipinski definition) is 2. The highest BCUT2D eigenvalue weighted by atomic mass is 16.6. The minimum absolute atomic E-state index is 0.0950. The summed E-state index contributed by atoms with van der Waals surface area (Å²) in [5.74, 6) is -0.723. The lowest BCUT2D eigenvalue weighted by atomic mass is 9.69. The molecule has 19 heavy (non-hydrogen) atoms. The molecule has 7 heteroatoms. The number of nitro groups is 1. The van der Waals surface area contributed by atoms with E-state index in [0.717, 1.165) is 6.42 Å². The standard InChI is InChI=1S/C12H15N3O4/c1-8-3-6-13-10(9(8)15(18)19)14-7-12(11(16)17)4-2-5-12/h3,6H,2,4-5,7H2,1H3,(H,13,14)(H,16,17). The third kappa shape index (κ3) is 2.35. The van der Waals surface area contributed by atoms with Gasteiger partial charge in [-0.15, -0.1) is 0 Å². The van der Waals surface area contributed by atoms with Crippen LogP contribution >= 0.6 is 0 Å². The molecule has 1 fully saturated rings. The van der Waals surface area contributed by atoms with Gasteiger partial charge in [-0.25, -0.2) is 4.98 Å². The van der Waals surface area contributed by atoms with Gasteiger partial charge in [0.25, 0.3) is 0 Å². The van der Waals surface area contributed by atoms with Gasteiger partial charge < -0.3 is 10.4 Å². The average molecular weight is 265 g/mol. The van der Waals surface area contributed by atoms with Gasteiger partial charge in [0, 0.05) is 18.3 Å². The van der Waals surface area contributed by atoms with Crippen molar-refractivity contribution in [3.63, 3.8) is 0 Å². The molecule has 1 aliphatic rings. The van der Waals surface area contributed by atoms with Gasteiger partial charge in [-0.2, -0.15) is 0 Å².